The highest BCUT2D eigenvalue weighted by Gasteiger charge is 1.96. The quantitative estimate of drug-likeness (QED) is 0.608. The summed E-state index contributed by atoms with van der Waals surface area (Å²) in [5, 5.41) is 7.74. The van der Waals surface area contributed by atoms with E-state index in [0.717, 1.165) is 12.0 Å². The Balaban J connectivity index is 2.91. The zero-order valence-electron chi connectivity index (χ0n) is 5.42. The van der Waals surface area contributed by atoms with Crippen LogP contribution in [-0.2, 0) is 6.42 Å². The molecule has 0 amide bonds. The van der Waals surface area contributed by atoms with Crippen molar-refractivity contribution < 1.29 is 0 Å². The summed E-state index contributed by atoms with van der Waals surface area (Å²) in [6.07, 6.45) is 4.14. The molecule has 0 aliphatic carbocycles. The van der Waals surface area contributed by atoms with Crippen molar-refractivity contribution in [2.24, 2.45) is 0 Å². The van der Waals surface area contributed by atoms with Crippen LogP contribution in [-0.4, -0.2) is 10.2 Å². The van der Waals surface area contributed by atoms with Crippen LogP contribution in [0, 0.1) is 0 Å². The zero-order chi connectivity index (χ0) is 7.40. The molecular weight excluding hydrogens is 148 g/mol. The molecule has 0 saturated heterocycles. The van der Waals surface area contributed by atoms with Crippen molar-refractivity contribution in [3.63, 3.8) is 0 Å². The minimum atomic E-state index is 0.461. The Labute approximate surface area is 64.5 Å². The van der Waals surface area contributed by atoms with Crippen molar-refractivity contribution in [3.8, 4) is 0 Å². The van der Waals surface area contributed by atoms with E-state index in [4.69, 9.17) is 11.6 Å². The third kappa shape index (κ3) is 1.54. The Kier molecular flexibility index (Phi) is 2.40. The van der Waals surface area contributed by atoms with E-state index < -0.39 is 0 Å². The van der Waals surface area contributed by atoms with Crippen LogP contribution in [0.15, 0.2) is 24.9 Å². The lowest BCUT2D eigenvalue weighted by molar-refractivity contribution is 1.00. The van der Waals surface area contributed by atoms with Crippen LogP contribution in [0.25, 0.3) is 0 Å². The van der Waals surface area contributed by atoms with Crippen molar-refractivity contribution >= 4 is 11.6 Å². The van der Waals surface area contributed by atoms with Gasteiger partial charge in [0.1, 0.15) is 0 Å². The maximum Gasteiger partial charge on any atom is 0.155 e. The van der Waals surface area contributed by atoms with Gasteiger partial charge in [-0.1, -0.05) is 17.7 Å². The Morgan fingerprint density at radius 2 is 2.50 bits per heavy atom. The van der Waals surface area contributed by atoms with Gasteiger partial charge in [0.25, 0.3) is 0 Å². The molecule has 1 aromatic heterocycles. The Hall–Kier alpha value is -0.890. The summed E-state index contributed by atoms with van der Waals surface area (Å²) in [7, 11) is 0. The van der Waals surface area contributed by atoms with Crippen molar-refractivity contribution in [2.75, 3.05) is 0 Å². The van der Waals surface area contributed by atoms with Crippen LogP contribution in [0.3, 0.4) is 0 Å². The molecule has 3 heteroatoms. The van der Waals surface area contributed by atoms with Gasteiger partial charge in [-0.2, -0.15) is 5.10 Å². The van der Waals surface area contributed by atoms with E-state index in [1.54, 1.807) is 12.3 Å². The summed E-state index contributed by atoms with van der Waals surface area (Å²) in [5.74, 6) is 0. The SMILES string of the molecule is C=CCc1ccnnc1Cl. The number of halogens is 1. The Bertz CT molecular complexity index is 235. The first-order valence-corrected chi connectivity index (χ1v) is 3.29. The molecule has 1 rings (SSSR count). The van der Waals surface area contributed by atoms with Gasteiger partial charge in [-0.05, 0) is 18.1 Å². The smallest absolute Gasteiger partial charge is 0.155 e. The van der Waals surface area contributed by atoms with E-state index in [9.17, 15) is 0 Å². The lowest BCUT2D eigenvalue weighted by atomic mass is 10.2. The minimum absolute atomic E-state index is 0.461. The number of rotatable bonds is 2. The lowest BCUT2D eigenvalue weighted by Crippen LogP contribution is -1.87. The third-order valence-electron chi connectivity index (χ3n) is 1.12. The number of hydrogen-bond acceptors (Lipinski definition) is 2. The summed E-state index contributed by atoms with van der Waals surface area (Å²) >= 11 is 5.68. The van der Waals surface area contributed by atoms with Crippen LogP contribution >= 0.6 is 11.6 Å². The lowest BCUT2D eigenvalue weighted by Gasteiger charge is -1.94. The first kappa shape index (κ1) is 7.22. The molecule has 0 radical (unpaired) electrons. The molecule has 52 valence electrons. The second-order valence-electron chi connectivity index (χ2n) is 1.84. The standard InChI is InChI=1S/C7H7ClN2/c1-2-3-6-4-5-9-10-7(6)8/h2,4-5H,1,3H2. The van der Waals surface area contributed by atoms with Crippen molar-refractivity contribution in [3.05, 3.63) is 35.6 Å². The average molecular weight is 155 g/mol. The van der Waals surface area contributed by atoms with E-state index in [1.807, 2.05) is 6.07 Å². The molecular formula is C7H7ClN2. The van der Waals surface area contributed by atoms with Gasteiger partial charge in [0.15, 0.2) is 5.15 Å². The van der Waals surface area contributed by atoms with Crippen molar-refractivity contribution in [1.29, 1.82) is 0 Å². The fourth-order valence-corrected chi connectivity index (χ4v) is 0.832. The largest absolute Gasteiger partial charge is 0.158 e. The first-order valence-electron chi connectivity index (χ1n) is 2.91. The zero-order valence-corrected chi connectivity index (χ0v) is 6.17. The van der Waals surface area contributed by atoms with Gasteiger partial charge in [0, 0.05) is 6.20 Å². The molecule has 1 aromatic rings. The molecule has 0 aliphatic heterocycles. The van der Waals surface area contributed by atoms with E-state index >= 15 is 0 Å². The molecule has 0 N–H and O–H groups in total. The number of allylic oxidation sites excluding steroid dienone is 1. The maximum absolute atomic E-state index is 5.68. The summed E-state index contributed by atoms with van der Waals surface area (Å²) in [5.41, 5.74) is 0.965. The van der Waals surface area contributed by atoms with Gasteiger partial charge in [0.05, 0.1) is 0 Å². The molecule has 0 bridgehead atoms. The van der Waals surface area contributed by atoms with Crippen LogP contribution in [0.2, 0.25) is 5.15 Å². The van der Waals surface area contributed by atoms with Gasteiger partial charge >= 0.3 is 0 Å². The van der Waals surface area contributed by atoms with Gasteiger partial charge in [0.2, 0.25) is 0 Å². The fourth-order valence-electron chi connectivity index (χ4n) is 0.648. The molecule has 0 saturated carbocycles. The number of hydrogen-bond donors (Lipinski definition) is 0. The molecule has 1 heterocycles. The number of aromatic nitrogens is 2. The second kappa shape index (κ2) is 3.32. The molecule has 0 spiro atoms. The summed E-state index contributed by atoms with van der Waals surface area (Å²) < 4.78 is 0. The van der Waals surface area contributed by atoms with E-state index in [2.05, 4.69) is 16.8 Å². The molecule has 0 unspecified atom stereocenters. The normalized spacial score (nSPS) is 9.30. The van der Waals surface area contributed by atoms with Crippen LogP contribution in [0.1, 0.15) is 5.56 Å². The predicted molar refractivity (Wildman–Crippen MR) is 40.9 cm³/mol. The van der Waals surface area contributed by atoms with Gasteiger partial charge in [-0.3, -0.25) is 0 Å². The molecule has 0 aromatic carbocycles. The van der Waals surface area contributed by atoms with Crippen molar-refractivity contribution in [1.82, 2.24) is 10.2 Å². The van der Waals surface area contributed by atoms with Crippen LogP contribution < -0.4 is 0 Å². The molecule has 0 aliphatic rings. The van der Waals surface area contributed by atoms with Crippen LogP contribution in [0.5, 0.6) is 0 Å². The van der Waals surface area contributed by atoms with Gasteiger partial charge < -0.3 is 0 Å². The molecule has 2 nitrogen and oxygen atoms in total. The predicted octanol–water partition coefficient (Wildman–Crippen LogP) is 1.86. The summed E-state index contributed by atoms with van der Waals surface area (Å²) in [6, 6.07) is 1.83. The van der Waals surface area contributed by atoms with E-state index in [1.165, 1.54) is 0 Å². The fraction of sp³-hybridized carbons (Fsp3) is 0.143. The molecule has 10 heavy (non-hydrogen) atoms. The Morgan fingerprint density at radius 3 is 3.10 bits per heavy atom. The second-order valence-corrected chi connectivity index (χ2v) is 2.20. The van der Waals surface area contributed by atoms with E-state index in [-0.39, 0.29) is 0 Å². The number of nitrogens with zero attached hydrogens (tertiary/aromatic N) is 2. The van der Waals surface area contributed by atoms with Crippen molar-refractivity contribution in [2.45, 2.75) is 6.42 Å². The monoisotopic (exact) mass is 154 g/mol. The van der Waals surface area contributed by atoms with E-state index in [0.29, 0.717) is 5.15 Å². The molecule has 0 fully saturated rings. The summed E-state index contributed by atoms with van der Waals surface area (Å²) in [4.78, 5) is 0. The topological polar surface area (TPSA) is 25.8 Å². The highest BCUT2D eigenvalue weighted by molar-refractivity contribution is 6.30. The first-order chi connectivity index (χ1) is 4.84. The highest BCUT2D eigenvalue weighted by atomic mass is 35.5. The maximum atomic E-state index is 5.68. The Morgan fingerprint density at radius 1 is 1.70 bits per heavy atom. The van der Waals surface area contributed by atoms with Gasteiger partial charge in [-0.15, -0.1) is 11.7 Å². The minimum Gasteiger partial charge on any atom is -0.158 e. The highest BCUT2D eigenvalue weighted by Crippen LogP contribution is 2.10. The van der Waals surface area contributed by atoms with Gasteiger partial charge in [-0.25, -0.2) is 0 Å². The average Bonchev–Trinajstić information content (AvgIpc) is 1.94. The van der Waals surface area contributed by atoms with Crippen LogP contribution in [0.4, 0.5) is 0 Å². The molecule has 0 atom stereocenters. The summed E-state index contributed by atoms with van der Waals surface area (Å²) in [6.45, 7) is 3.59. The third-order valence-corrected chi connectivity index (χ3v) is 1.44.